The zero-order valence-electron chi connectivity index (χ0n) is 9.32. The Hall–Kier alpha value is -0.870. The Bertz CT molecular complexity index is 520. The molecule has 1 aromatic carbocycles. The van der Waals surface area contributed by atoms with Crippen LogP contribution in [-0.4, -0.2) is 25.7 Å². The van der Waals surface area contributed by atoms with Gasteiger partial charge in [0.05, 0.1) is 0 Å². The maximum absolute atomic E-state index is 11.8. The van der Waals surface area contributed by atoms with Crippen molar-refractivity contribution in [2.75, 3.05) is 6.26 Å². The van der Waals surface area contributed by atoms with Gasteiger partial charge in [0.2, 0.25) is 0 Å². The molecule has 1 rings (SSSR count). The summed E-state index contributed by atoms with van der Waals surface area (Å²) in [6.45, 7) is 3.20. The Morgan fingerprint density at radius 3 is 2.38 bits per heavy atom. The summed E-state index contributed by atoms with van der Waals surface area (Å²) >= 11 is 5.88. The maximum atomic E-state index is 11.8. The van der Waals surface area contributed by atoms with Gasteiger partial charge in [-0.3, -0.25) is 4.79 Å². The highest BCUT2D eigenvalue weighted by molar-refractivity contribution is 7.92. The molecule has 0 aliphatic rings. The molecule has 0 saturated heterocycles. The van der Waals surface area contributed by atoms with Crippen molar-refractivity contribution in [2.45, 2.75) is 19.1 Å². The van der Waals surface area contributed by atoms with E-state index in [0.717, 1.165) is 11.8 Å². The van der Waals surface area contributed by atoms with Crippen LogP contribution in [0.15, 0.2) is 18.2 Å². The standard InChI is InChI=1S/C11H13ClO3S/c1-7-4-5-9(6-10(7)12)11(13)8(2)16(3,14)15/h4-6,8H,1-3H3. The van der Waals surface area contributed by atoms with Crippen molar-refractivity contribution in [3.8, 4) is 0 Å². The summed E-state index contributed by atoms with van der Waals surface area (Å²) in [7, 11) is -3.37. The number of benzene rings is 1. The average Bonchev–Trinajstić information content (AvgIpc) is 2.18. The van der Waals surface area contributed by atoms with Crippen molar-refractivity contribution in [2.24, 2.45) is 0 Å². The summed E-state index contributed by atoms with van der Waals surface area (Å²) in [5.41, 5.74) is 1.18. The SMILES string of the molecule is Cc1ccc(C(=O)C(C)S(C)(=O)=O)cc1Cl. The van der Waals surface area contributed by atoms with Crippen LogP contribution in [0.5, 0.6) is 0 Å². The van der Waals surface area contributed by atoms with Crippen LogP contribution in [0.3, 0.4) is 0 Å². The average molecular weight is 261 g/mol. The molecule has 16 heavy (non-hydrogen) atoms. The van der Waals surface area contributed by atoms with E-state index in [4.69, 9.17) is 11.6 Å². The van der Waals surface area contributed by atoms with Crippen LogP contribution in [0.4, 0.5) is 0 Å². The number of halogens is 1. The van der Waals surface area contributed by atoms with Crippen molar-refractivity contribution < 1.29 is 13.2 Å². The number of rotatable bonds is 3. The molecule has 0 aliphatic heterocycles. The molecule has 0 heterocycles. The number of ketones is 1. The van der Waals surface area contributed by atoms with E-state index < -0.39 is 20.9 Å². The lowest BCUT2D eigenvalue weighted by atomic mass is 10.1. The highest BCUT2D eigenvalue weighted by atomic mass is 35.5. The number of hydrogen-bond donors (Lipinski definition) is 0. The lowest BCUT2D eigenvalue weighted by Gasteiger charge is -2.09. The topological polar surface area (TPSA) is 51.2 Å². The minimum Gasteiger partial charge on any atom is -0.293 e. The number of aryl methyl sites for hydroxylation is 1. The molecule has 1 unspecified atom stereocenters. The van der Waals surface area contributed by atoms with Gasteiger partial charge in [-0.15, -0.1) is 0 Å². The summed E-state index contributed by atoms with van der Waals surface area (Å²) in [6, 6.07) is 4.79. The number of sulfone groups is 1. The predicted molar refractivity (Wildman–Crippen MR) is 64.8 cm³/mol. The van der Waals surface area contributed by atoms with Gasteiger partial charge in [0.1, 0.15) is 5.25 Å². The molecule has 88 valence electrons. The van der Waals surface area contributed by atoms with E-state index >= 15 is 0 Å². The second-order valence-electron chi connectivity index (χ2n) is 3.80. The largest absolute Gasteiger partial charge is 0.293 e. The minimum atomic E-state index is -3.37. The third-order valence-corrected chi connectivity index (χ3v) is 4.37. The van der Waals surface area contributed by atoms with E-state index in [-0.39, 0.29) is 0 Å². The fraction of sp³-hybridized carbons (Fsp3) is 0.364. The zero-order valence-corrected chi connectivity index (χ0v) is 10.9. The summed E-state index contributed by atoms with van der Waals surface area (Å²) < 4.78 is 22.5. The summed E-state index contributed by atoms with van der Waals surface area (Å²) in [5, 5.41) is -0.571. The summed E-state index contributed by atoms with van der Waals surface area (Å²) in [4.78, 5) is 11.8. The van der Waals surface area contributed by atoms with Gasteiger partial charge in [0.25, 0.3) is 0 Å². The molecule has 0 aromatic heterocycles. The lowest BCUT2D eigenvalue weighted by molar-refractivity contribution is 0.0991. The van der Waals surface area contributed by atoms with E-state index in [1.54, 1.807) is 12.1 Å². The van der Waals surface area contributed by atoms with Crippen LogP contribution in [0.2, 0.25) is 5.02 Å². The molecule has 3 nitrogen and oxygen atoms in total. The quantitative estimate of drug-likeness (QED) is 0.784. The van der Waals surface area contributed by atoms with Gasteiger partial charge in [-0.25, -0.2) is 8.42 Å². The molecule has 0 aliphatic carbocycles. The Balaban J connectivity index is 3.11. The smallest absolute Gasteiger partial charge is 0.180 e. The molecule has 0 amide bonds. The van der Waals surface area contributed by atoms with Crippen LogP contribution in [0, 0.1) is 6.92 Å². The molecule has 0 bridgehead atoms. The molecule has 1 atom stereocenters. The van der Waals surface area contributed by atoms with E-state index in [1.807, 2.05) is 6.92 Å². The first-order valence-corrected chi connectivity index (χ1v) is 7.06. The monoisotopic (exact) mass is 260 g/mol. The van der Waals surface area contributed by atoms with Crippen molar-refractivity contribution >= 4 is 27.2 Å². The third-order valence-electron chi connectivity index (χ3n) is 2.47. The molecule has 0 radical (unpaired) electrons. The Labute approximate surface area is 100 Å². The summed E-state index contributed by atoms with van der Waals surface area (Å²) in [6.07, 6.45) is 1.05. The fourth-order valence-corrected chi connectivity index (χ4v) is 1.88. The van der Waals surface area contributed by atoms with Gasteiger partial charge in [-0.05, 0) is 25.5 Å². The van der Waals surface area contributed by atoms with Gasteiger partial charge >= 0.3 is 0 Å². The van der Waals surface area contributed by atoms with Crippen molar-refractivity contribution in [1.82, 2.24) is 0 Å². The maximum Gasteiger partial charge on any atom is 0.180 e. The lowest BCUT2D eigenvalue weighted by Crippen LogP contribution is -2.26. The van der Waals surface area contributed by atoms with E-state index in [2.05, 4.69) is 0 Å². The van der Waals surface area contributed by atoms with E-state index in [9.17, 15) is 13.2 Å². The van der Waals surface area contributed by atoms with Gasteiger partial charge in [0, 0.05) is 16.8 Å². The Kier molecular flexibility index (Phi) is 3.76. The molecule has 1 aromatic rings. The number of Topliss-reactive ketones (excluding diaryl/α,β-unsaturated/α-hetero) is 1. The van der Waals surface area contributed by atoms with Gasteiger partial charge in [-0.1, -0.05) is 23.7 Å². The second kappa shape index (κ2) is 4.55. The van der Waals surface area contributed by atoms with Crippen molar-refractivity contribution in [3.63, 3.8) is 0 Å². The van der Waals surface area contributed by atoms with Crippen molar-refractivity contribution in [1.29, 1.82) is 0 Å². The van der Waals surface area contributed by atoms with E-state index in [0.29, 0.717) is 10.6 Å². The summed E-state index contributed by atoms with van der Waals surface area (Å²) in [5.74, 6) is -0.426. The first kappa shape index (κ1) is 13.2. The molecule has 0 saturated carbocycles. The molecule has 0 N–H and O–H groups in total. The van der Waals surface area contributed by atoms with Crippen LogP contribution in [-0.2, 0) is 9.84 Å². The Morgan fingerprint density at radius 1 is 1.38 bits per heavy atom. The number of carbonyl (C=O) groups excluding carboxylic acids is 1. The molecule has 0 fully saturated rings. The van der Waals surface area contributed by atoms with Gasteiger partial charge in [0.15, 0.2) is 15.6 Å². The predicted octanol–water partition coefficient (Wildman–Crippen LogP) is 2.26. The molecular weight excluding hydrogens is 248 g/mol. The van der Waals surface area contributed by atoms with Crippen molar-refractivity contribution in [3.05, 3.63) is 34.3 Å². The fourth-order valence-electron chi connectivity index (χ4n) is 1.18. The Morgan fingerprint density at radius 2 is 1.94 bits per heavy atom. The van der Waals surface area contributed by atoms with E-state index in [1.165, 1.54) is 13.0 Å². The normalized spacial score (nSPS) is 13.5. The van der Waals surface area contributed by atoms with Crippen LogP contribution < -0.4 is 0 Å². The minimum absolute atomic E-state index is 0.327. The first-order chi connectivity index (χ1) is 7.23. The molecule has 5 heteroatoms. The van der Waals surface area contributed by atoms with Crippen LogP contribution in [0.1, 0.15) is 22.8 Å². The number of hydrogen-bond acceptors (Lipinski definition) is 3. The van der Waals surface area contributed by atoms with Crippen LogP contribution in [0.25, 0.3) is 0 Å². The second-order valence-corrected chi connectivity index (χ2v) is 6.57. The zero-order chi connectivity index (χ0) is 12.5. The highest BCUT2D eigenvalue weighted by Gasteiger charge is 2.24. The number of carbonyl (C=O) groups is 1. The molecular formula is C11H13ClO3S. The van der Waals surface area contributed by atoms with Gasteiger partial charge < -0.3 is 0 Å². The highest BCUT2D eigenvalue weighted by Crippen LogP contribution is 2.19. The van der Waals surface area contributed by atoms with Crippen LogP contribution >= 0.6 is 11.6 Å². The first-order valence-electron chi connectivity index (χ1n) is 4.72. The van der Waals surface area contributed by atoms with Gasteiger partial charge in [-0.2, -0.15) is 0 Å². The molecule has 0 spiro atoms. The third kappa shape index (κ3) is 2.83.